The molecule has 1 aliphatic rings. The zero-order valence-electron chi connectivity index (χ0n) is 21.2. The normalized spacial score (nSPS) is 12.5. The molecule has 6 aromatic rings. The van der Waals surface area contributed by atoms with Crippen molar-refractivity contribution < 1.29 is 18.6 Å². The lowest BCUT2D eigenvalue weighted by Gasteiger charge is -2.11. The first-order valence-corrected chi connectivity index (χ1v) is 13.3. The molecule has 7 rings (SSSR count). The van der Waals surface area contributed by atoms with Crippen molar-refractivity contribution in [2.45, 2.75) is 6.61 Å². The third kappa shape index (κ3) is 4.88. The van der Waals surface area contributed by atoms with E-state index in [0.29, 0.717) is 55.1 Å². The van der Waals surface area contributed by atoms with E-state index >= 15 is 0 Å². The van der Waals surface area contributed by atoms with Gasteiger partial charge in [0, 0.05) is 21.0 Å². The molecule has 0 fully saturated rings. The van der Waals surface area contributed by atoms with Crippen LogP contribution in [0.2, 0.25) is 10.0 Å². The zero-order chi connectivity index (χ0) is 27.9. The summed E-state index contributed by atoms with van der Waals surface area (Å²) in [6.07, 6.45) is 1.52. The minimum absolute atomic E-state index is 0.199. The molecule has 1 aliphatic heterocycles. The van der Waals surface area contributed by atoms with Gasteiger partial charge in [0.2, 0.25) is 12.6 Å². The molecule has 0 saturated heterocycles. The Morgan fingerprint density at radius 3 is 2.68 bits per heavy atom. The molecular formula is C31H19Cl2N3O5. The monoisotopic (exact) mass is 583 g/mol. The van der Waals surface area contributed by atoms with Gasteiger partial charge in [-0.2, -0.15) is 9.78 Å². The van der Waals surface area contributed by atoms with E-state index in [4.69, 9.17) is 46.8 Å². The molecule has 0 saturated carbocycles. The first kappa shape index (κ1) is 25.2. The highest BCUT2D eigenvalue weighted by Gasteiger charge is 2.17. The number of para-hydroxylation sites is 1. The molecule has 2 aromatic heterocycles. The molecule has 0 bridgehead atoms. The maximum atomic E-state index is 13.6. The van der Waals surface area contributed by atoms with Gasteiger partial charge in [0.25, 0.3) is 5.56 Å². The minimum Gasteiger partial charge on any atom is -0.488 e. The second-order valence-electron chi connectivity index (χ2n) is 9.27. The van der Waals surface area contributed by atoms with Crippen molar-refractivity contribution >= 4 is 51.3 Å². The van der Waals surface area contributed by atoms with Gasteiger partial charge in [-0.15, -0.1) is 0 Å². The van der Waals surface area contributed by atoms with Gasteiger partial charge in [0.1, 0.15) is 17.9 Å². The number of hydrogen-bond donors (Lipinski definition) is 0. The van der Waals surface area contributed by atoms with Crippen LogP contribution in [-0.4, -0.2) is 22.7 Å². The van der Waals surface area contributed by atoms with Crippen molar-refractivity contribution in [3.8, 4) is 28.8 Å². The second-order valence-corrected chi connectivity index (χ2v) is 10.1. The van der Waals surface area contributed by atoms with Crippen LogP contribution in [0.1, 0.15) is 11.1 Å². The summed E-state index contributed by atoms with van der Waals surface area (Å²) >= 11 is 12.5. The topological polar surface area (TPSA) is 88.1 Å². The minimum atomic E-state index is -0.356. The van der Waals surface area contributed by atoms with E-state index in [9.17, 15) is 4.79 Å². The summed E-state index contributed by atoms with van der Waals surface area (Å²) < 4.78 is 24.2. The number of aromatic nitrogens is 2. The van der Waals surface area contributed by atoms with E-state index in [0.717, 1.165) is 10.9 Å². The van der Waals surface area contributed by atoms with Crippen LogP contribution < -0.4 is 19.8 Å². The van der Waals surface area contributed by atoms with Crippen LogP contribution in [0.4, 0.5) is 0 Å². The highest BCUT2D eigenvalue weighted by molar-refractivity contribution is 6.31. The maximum absolute atomic E-state index is 13.6. The van der Waals surface area contributed by atoms with E-state index < -0.39 is 0 Å². The predicted molar refractivity (Wildman–Crippen MR) is 158 cm³/mol. The number of benzene rings is 4. The predicted octanol–water partition coefficient (Wildman–Crippen LogP) is 7.31. The molecule has 202 valence electrons. The van der Waals surface area contributed by atoms with Crippen molar-refractivity contribution in [1.29, 1.82) is 0 Å². The molecule has 0 radical (unpaired) electrons. The fraction of sp³-hybridized carbons (Fsp3) is 0.0645. The first-order chi connectivity index (χ1) is 20.0. The van der Waals surface area contributed by atoms with Crippen molar-refractivity contribution in [2.75, 3.05) is 6.79 Å². The number of ether oxygens (including phenoxy) is 3. The summed E-state index contributed by atoms with van der Waals surface area (Å²) in [5.74, 6) is 2.51. The Kier molecular flexibility index (Phi) is 6.34. The van der Waals surface area contributed by atoms with Gasteiger partial charge >= 0.3 is 0 Å². The number of hydrogen-bond acceptors (Lipinski definition) is 7. The molecule has 8 nitrogen and oxygen atoms in total. The van der Waals surface area contributed by atoms with E-state index in [2.05, 4.69) is 5.10 Å². The van der Waals surface area contributed by atoms with E-state index in [1.165, 1.54) is 10.9 Å². The molecule has 4 aromatic carbocycles. The Morgan fingerprint density at radius 1 is 0.927 bits per heavy atom. The van der Waals surface area contributed by atoms with Crippen LogP contribution in [0, 0.1) is 0 Å². The fourth-order valence-electron chi connectivity index (χ4n) is 4.58. The molecular weight excluding hydrogens is 565 g/mol. The molecule has 0 N–H and O–H groups in total. The summed E-state index contributed by atoms with van der Waals surface area (Å²) in [5.41, 5.74) is 2.24. The highest BCUT2D eigenvalue weighted by Crippen LogP contribution is 2.33. The average molecular weight is 584 g/mol. The SMILES string of the molecule is O=c1c2ccccc2nc(-c2cc3cc(Cl)ccc3o2)n1N=Cc1cc(Cl)ccc1OCc1ccc2c(c1)OCO2. The summed E-state index contributed by atoms with van der Waals surface area (Å²) in [7, 11) is 0. The highest BCUT2D eigenvalue weighted by atomic mass is 35.5. The van der Waals surface area contributed by atoms with Crippen molar-refractivity contribution in [2.24, 2.45) is 5.10 Å². The van der Waals surface area contributed by atoms with Gasteiger partial charge in [-0.3, -0.25) is 4.79 Å². The van der Waals surface area contributed by atoms with Gasteiger partial charge in [-0.25, -0.2) is 4.98 Å². The van der Waals surface area contributed by atoms with Crippen molar-refractivity contribution in [3.05, 3.63) is 116 Å². The Morgan fingerprint density at radius 2 is 1.76 bits per heavy atom. The lowest BCUT2D eigenvalue weighted by Crippen LogP contribution is -2.20. The lowest BCUT2D eigenvalue weighted by molar-refractivity contribution is 0.174. The first-order valence-electron chi connectivity index (χ1n) is 12.6. The van der Waals surface area contributed by atoms with E-state index in [1.807, 2.05) is 24.3 Å². The van der Waals surface area contributed by atoms with Crippen LogP contribution in [0.3, 0.4) is 0 Å². The van der Waals surface area contributed by atoms with Gasteiger partial charge in [-0.1, -0.05) is 41.4 Å². The van der Waals surface area contributed by atoms with Gasteiger partial charge in [0.15, 0.2) is 17.3 Å². The lowest BCUT2D eigenvalue weighted by atomic mass is 10.2. The maximum Gasteiger partial charge on any atom is 0.282 e. The largest absolute Gasteiger partial charge is 0.488 e. The quantitative estimate of drug-likeness (QED) is 0.191. The van der Waals surface area contributed by atoms with Crippen LogP contribution in [0.15, 0.2) is 99.2 Å². The van der Waals surface area contributed by atoms with Crippen molar-refractivity contribution in [1.82, 2.24) is 9.66 Å². The summed E-state index contributed by atoms with van der Waals surface area (Å²) in [4.78, 5) is 18.4. The third-order valence-corrected chi connectivity index (χ3v) is 7.04. The molecule has 0 atom stereocenters. The molecule has 10 heteroatoms. The number of halogens is 2. The second kappa shape index (κ2) is 10.3. The van der Waals surface area contributed by atoms with Crippen molar-refractivity contribution in [3.63, 3.8) is 0 Å². The third-order valence-electron chi connectivity index (χ3n) is 6.57. The summed E-state index contributed by atoms with van der Waals surface area (Å²) in [6, 6.07) is 25.0. The van der Waals surface area contributed by atoms with Crippen LogP contribution in [0.5, 0.6) is 17.2 Å². The summed E-state index contributed by atoms with van der Waals surface area (Å²) in [5, 5.41) is 6.80. The Balaban J connectivity index is 1.28. The standard InChI is InChI=1S/C31H19Cl2N3O5/c32-21-7-10-26-19(12-21)14-29(41-26)30-35-24-4-2-1-3-23(24)31(37)36(30)34-15-20-13-22(33)6-9-25(20)38-16-18-5-8-27-28(11-18)40-17-39-27/h1-15H,16-17H2. The summed E-state index contributed by atoms with van der Waals surface area (Å²) in [6.45, 7) is 0.466. The number of furan rings is 1. The Hall–Kier alpha value is -4.79. The Bertz CT molecular complexity index is 2050. The smallest absolute Gasteiger partial charge is 0.282 e. The molecule has 0 aliphatic carbocycles. The molecule has 0 spiro atoms. The molecule has 0 unspecified atom stereocenters. The number of nitrogens with zero attached hydrogens (tertiary/aromatic N) is 3. The van der Waals surface area contributed by atoms with Crippen LogP contribution >= 0.6 is 23.2 Å². The van der Waals surface area contributed by atoms with Gasteiger partial charge in [0.05, 0.1) is 17.1 Å². The number of rotatable bonds is 6. The van der Waals surface area contributed by atoms with Gasteiger partial charge < -0.3 is 18.6 Å². The fourth-order valence-corrected chi connectivity index (χ4v) is 4.94. The van der Waals surface area contributed by atoms with Crippen LogP contribution in [-0.2, 0) is 6.61 Å². The van der Waals surface area contributed by atoms with Crippen LogP contribution in [0.25, 0.3) is 33.5 Å². The number of fused-ring (bicyclic) bond motifs is 3. The van der Waals surface area contributed by atoms with E-state index in [1.54, 1.807) is 60.7 Å². The van der Waals surface area contributed by atoms with E-state index in [-0.39, 0.29) is 24.8 Å². The average Bonchev–Trinajstić information content (AvgIpc) is 3.62. The molecule has 3 heterocycles. The molecule has 0 amide bonds. The van der Waals surface area contributed by atoms with Gasteiger partial charge in [-0.05, 0) is 72.3 Å². The molecule has 41 heavy (non-hydrogen) atoms. The Labute approximate surface area is 242 Å². The zero-order valence-corrected chi connectivity index (χ0v) is 22.7.